The largest absolute Gasteiger partial charge is 0.481 e. The minimum absolute atomic E-state index is 0.134. The number of methoxy groups -OCH3 is 1. The molecule has 1 rings (SSSR count). The van der Waals surface area contributed by atoms with Crippen LogP contribution in [0, 0.1) is 0 Å². The number of ether oxygens (including phenoxy) is 1. The summed E-state index contributed by atoms with van der Waals surface area (Å²) in [6.45, 7) is 3.72. The zero-order chi connectivity index (χ0) is 13.6. The summed E-state index contributed by atoms with van der Waals surface area (Å²) < 4.78 is 5.37. The molecule has 2 atom stereocenters. The second-order valence-electron chi connectivity index (χ2n) is 5.18. The summed E-state index contributed by atoms with van der Waals surface area (Å²) in [6, 6.07) is 0. The smallest absolute Gasteiger partial charge is 0.300 e. The Morgan fingerprint density at radius 2 is 2.28 bits per heavy atom. The van der Waals surface area contributed by atoms with Gasteiger partial charge in [0.05, 0.1) is 7.85 Å². The lowest BCUT2D eigenvalue weighted by molar-refractivity contribution is -0.141. The fourth-order valence-electron chi connectivity index (χ4n) is 2.49. The summed E-state index contributed by atoms with van der Waals surface area (Å²) in [7, 11) is 7.73. The molecule has 0 bridgehead atoms. The van der Waals surface area contributed by atoms with E-state index in [1.807, 2.05) is 6.92 Å². The monoisotopic (exact) mass is 253 g/mol. The van der Waals surface area contributed by atoms with E-state index in [1.165, 1.54) is 0 Å². The molecule has 1 aliphatic heterocycles. The lowest BCUT2D eigenvalue weighted by atomic mass is 9.63. The predicted octanol–water partition coefficient (Wildman–Crippen LogP) is 2.05. The third-order valence-electron chi connectivity index (χ3n) is 3.82. The topological polar surface area (TPSA) is 49.8 Å². The van der Waals surface area contributed by atoms with Crippen LogP contribution in [0.15, 0.2) is 0 Å². The number of likely N-dealkylation sites (tertiary alicyclic amines) is 1. The van der Waals surface area contributed by atoms with Crippen molar-refractivity contribution in [2.45, 2.75) is 57.0 Å². The molecule has 0 aromatic heterocycles. The zero-order valence-corrected chi connectivity index (χ0v) is 11.5. The van der Waals surface area contributed by atoms with Crippen LogP contribution in [0.25, 0.3) is 0 Å². The maximum absolute atomic E-state index is 11.3. The molecule has 1 aliphatic rings. The van der Waals surface area contributed by atoms with Gasteiger partial charge in [-0.1, -0.05) is 19.8 Å². The Kier molecular flexibility index (Phi) is 6.16. The summed E-state index contributed by atoms with van der Waals surface area (Å²) in [5.41, 5.74) is 0. The molecule has 0 amide bonds. The maximum Gasteiger partial charge on any atom is 0.300 e. The quantitative estimate of drug-likeness (QED) is 0.672. The molecule has 0 aliphatic carbocycles. The number of hydrogen-bond donors (Lipinski definition) is 1. The van der Waals surface area contributed by atoms with E-state index in [-0.39, 0.29) is 6.23 Å². The molecule has 1 heterocycles. The molecule has 0 aromatic carbocycles. The standard InChI is InChI=1S/C13H24BNO3/c1-3-4-7-13(14,12(16)17)8-10-15-9-5-6-11(15)18-2/h11H,3-10H2,1-2H3,(H,16,17)/t11-,13?/m0/s1. The van der Waals surface area contributed by atoms with Crippen LogP contribution in [0.4, 0.5) is 0 Å². The van der Waals surface area contributed by atoms with E-state index in [0.717, 1.165) is 32.2 Å². The van der Waals surface area contributed by atoms with E-state index < -0.39 is 11.3 Å². The molecule has 0 saturated carbocycles. The number of carboxylic acids is 1. The van der Waals surface area contributed by atoms with Gasteiger partial charge in [0.2, 0.25) is 0 Å². The van der Waals surface area contributed by atoms with E-state index in [4.69, 9.17) is 12.6 Å². The molecular formula is C13H24BNO3. The highest BCUT2D eigenvalue weighted by molar-refractivity contribution is 6.26. The van der Waals surface area contributed by atoms with Gasteiger partial charge >= 0.3 is 5.97 Å². The lowest BCUT2D eigenvalue weighted by Crippen LogP contribution is -2.35. The van der Waals surface area contributed by atoms with Gasteiger partial charge < -0.3 is 9.84 Å². The first-order chi connectivity index (χ1) is 8.53. The Balaban J connectivity index is 2.48. The molecule has 102 valence electrons. The summed E-state index contributed by atoms with van der Waals surface area (Å²) in [6.07, 6.45) is 5.13. The molecule has 1 N–H and O–H groups in total. The summed E-state index contributed by atoms with van der Waals surface area (Å²) in [5.74, 6) is -0.885. The molecular weight excluding hydrogens is 229 g/mol. The van der Waals surface area contributed by atoms with Crippen molar-refractivity contribution in [1.29, 1.82) is 0 Å². The van der Waals surface area contributed by atoms with Gasteiger partial charge in [-0.25, -0.2) is 0 Å². The van der Waals surface area contributed by atoms with Gasteiger partial charge in [-0.3, -0.25) is 9.69 Å². The summed E-state index contributed by atoms with van der Waals surface area (Å²) >= 11 is 0. The Morgan fingerprint density at radius 1 is 1.56 bits per heavy atom. The number of rotatable bonds is 8. The number of nitrogens with zero attached hydrogens (tertiary/aromatic N) is 1. The van der Waals surface area contributed by atoms with Crippen molar-refractivity contribution >= 4 is 13.8 Å². The van der Waals surface area contributed by atoms with Crippen LogP contribution in [0.5, 0.6) is 0 Å². The van der Waals surface area contributed by atoms with Crippen LogP contribution < -0.4 is 0 Å². The van der Waals surface area contributed by atoms with E-state index in [9.17, 15) is 9.90 Å². The Labute approximate surface area is 111 Å². The summed E-state index contributed by atoms with van der Waals surface area (Å²) in [5, 5.41) is 8.19. The fourth-order valence-corrected chi connectivity index (χ4v) is 2.49. The second kappa shape index (κ2) is 7.14. The Morgan fingerprint density at radius 3 is 2.83 bits per heavy atom. The number of carbonyl (C=O) groups is 1. The minimum Gasteiger partial charge on any atom is -0.481 e. The Bertz CT molecular complexity index is 275. The van der Waals surface area contributed by atoms with E-state index >= 15 is 0 Å². The van der Waals surface area contributed by atoms with Crippen molar-refractivity contribution in [3.05, 3.63) is 0 Å². The highest BCUT2D eigenvalue weighted by atomic mass is 16.5. The van der Waals surface area contributed by atoms with E-state index in [0.29, 0.717) is 19.4 Å². The van der Waals surface area contributed by atoms with Crippen molar-refractivity contribution in [1.82, 2.24) is 4.90 Å². The Hall–Kier alpha value is -0.545. The first-order valence-electron chi connectivity index (χ1n) is 6.82. The van der Waals surface area contributed by atoms with Crippen molar-refractivity contribution in [2.75, 3.05) is 20.2 Å². The van der Waals surface area contributed by atoms with E-state index in [1.54, 1.807) is 7.11 Å². The SMILES string of the molecule is [B]C(CCCC)(CCN1CCC[C@@H]1OC)C(=O)O. The van der Waals surface area contributed by atoms with Gasteiger partial charge in [0.25, 0.3) is 0 Å². The van der Waals surface area contributed by atoms with Crippen molar-refractivity contribution in [3.63, 3.8) is 0 Å². The molecule has 2 radical (unpaired) electrons. The third-order valence-corrected chi connectivity index (χ3v) is 3.82. The average molecular weight is 253 g/mol. The highest BCUT2D eigenvalue weighted by Gasteiger charge is 2.33. The maximum atomic E-state index is 11.3. The molecule has 1 unspecified atom stereocenters. The van der Waals surface area contributed by atoms with Gasteiger partial charge in [0, 0.05) is 25.5 Å². The van der Waals surface area contributed by atoms with Crippen molar-refractivity contribution in [3.8, 4) is 0 Å². The third kappa shape index (κ3) is 3.99. The lowest BCUT2D eigenvalue weighted by Gasteiger charge is -2.30. The number of aliphatic carboxylic acids is 1. The number of hydrogen-bond acceptors (Lipinski definition) is 3. The molecule has 0 aromatic rings. The average Bonchev–Trinajstić information content (AvgIpc) is 2.81. The molecule has 4 nitrogen and oxygen atoms in total. The van der Waals surface area contributed by atoms with Crippen molar-refractivity contribution in [2.24, 2.45) is 0 Å². The van der Waals surface area contributed by atoms with Gasteiger partial charge in [-0.15, -0.1) is 0 Å². The molecule has 18 heavy (non-hydrogen) atoms. The summed E-state index contributed by atoms with van der Waals surface area (Å²) in [4.78, 5) is 13.5. The van der Waals surface area contributed by atoms with Gasteiger partial charge in [0.15, 0.2) is 0 Å². The predicted molar refractivity (Wildman–Crippen MR) is 71.8 cm³/mol. The van der Waals surface area contributed by atoms with Crippen LogP contribution in [0.3, 0.4) is 0 Å². The number of unbranched alkanes of at least 4 members (excludes halogenated alkanes) is 1. The molecule has 0 spiro atoms. The number of carboxylic acid groups (broad SMARTS) is 1. The molecule has 1 saturated heterocycles. The van der Waals surface area contributed by atoms with E-state index in [2.05, 4.69) is 4.90 Å². The highest BCUT2D eigenvalue weighted by Crippen LogP contribution is 2.34. The first kappa shape index (κ1) is 15.5. The molecule has 1 fully saturated rings. The van der Waals surface area contributed by atoms with Crippen LogP contribution in [-0.2, 0) is 9.53 Å². The van der Waals surface area contributed by atoms with Crippen LogP contribution >= 0.6 is 0 Å². The molecule has 5 heteroatoms. The van der Waals surface area contributed by atoms with Gasteiger partial charge in [-0.2, -0.15) is 0 Å². The normalized spacial score (nSPS) is 24.0. The first-order valence-corrected chi connectivity index (χ1v) is 6.82. The van der Waals surface area contributed by atoms with Gasteiger partial charge in [0.1, 0.15) is 6.23 Å². The van der Waals surface area contributed by atoms with Crippen molar-refractivity contribution < 1.29 is 14.6 Å². The van der Waals surface area contributed by atoms with Crippen LogP contribution in [0.2, 0.25) is 5.31 Å². The van der Waals surface area contributed by atoms with Gasteiger partial charge in [-0.05, 0) is 25.7 Å². The van der Waals surface area contributed by atoms with Crippen LogP contribution in [-0.4, -0.2) is 50.2 Å². The second-order valence-corrected chi connectivity index (χ2v) is 5.18. The fraction of sp³-hybridized carbons (Fsp3) is 0.923. The minimum atomic E-state index is -1.09. The zero-order valence-electron chi connectivity index (χ0n) is 11.5. The van der Waals surface area contributed by atoms with Crippen LogP contribution in [0.1, 0.15) is 45.4 Å².